The third-order valence-corrected chi connectivity index (χ3v) is 7.33. The number of benzene rings is 3. The lowest BCUT2D eigenvalue weighted by molar-refractivity contribution is 0.350. The molecule has 3 aromatic carbocycles. The molecule has 2 heterocycles. The number of para-hydroxylation sites is 1. The van der Waals surface area contributed by atoms with Crippen molar-refractivity contribution in [3.8, 4) is 17.2 Å². The van der Waals surface area contributed by atoms with Gasteiger partial charge in [0.1, 0.15) is 5.75 Å². The summed E-state index contributed by atoms with van der Waals surface area (Å²) in [6, 6.07) is 19.6. The Morgan fingerprint density at radius 3 is 2.24 bits per heavy atom. The molecule has 34 heavy (non-hydrogen) atoms. The minimum absolute atomic E-state index is 0.162. The summed E-state index contributed by atoms with van der Waals surface area (Å²) in [4.78, 5) is 2.44. The van der Waals surface area contributed by atoms with Crippen LogP contribution in [0.15, 0.2) is 54.6 Å². The fraction of sp³-hybridized carbons (Fsp3) is 0.357. The maximum absolute atomic E-state index is 5.67. The van der Waals surface area contributed by atoms with Crippen molar-refractivity contribution < 1.29 is 14.2 Å². The van der Waals surface area contributed by atoms with Crippen LogP contribution in [0.5, 0.6) is 17.2 Å². The Bertz CT molecular complexity index is 1200. The SMILES string of the molecule is COc1ccccc1CN1CC2C(c3ccc(C)c(C)c3)NNC2c2cc(OC)c(OC)cc21. The fourth-order valence-electron chi connectivity index (χ4n) is 5.34. The number of nitrogens with zero attached hydrogens (tertiary/aromatic N) is 1. The van der Waals surface area contributed by atoms with E-state index in [0.717, 1.165) is 41.6 Å². The lowest BCUT2D eigenvalue weighted by Gasteiger charge is -2.40. The van der Waals surface area contributed by atoms with Crippen LogP contribution in [-0.4, -0.2) is 27.9 Å². The summed E-state index contributed by atoms with van der Waals surface area (Å²) < 4.78 is 17.0. The van der Waals surface area contributed by atoms with Gasteiger partial charge in [0.05, 0.1) is 33.4 Å². The lowest BCUT2D eigenvalue weighted by Crippen LogP contribution is -2.39. The third-order valence-electron chi connectivity index (χ3n) is 7.33. The molecule has 2 aliphatic heterocycles. The molecule has 0 aliphatic carbocycles. The topological polar surface area (TPSA) is 55.0 Å². The second kappa shape index (κ2) is 9.20. The van der Waals surface area contributed by atoms with Gasteiger partial charge in [-0.3, -0.25) is 0 Å². The molecule has 0 spiro atoms. The molecular formula is C28H33N3O3. The van der Waals surface area contributed by atoms with E-state index in [9.17, 15) is 0 Å². The minimum atomic E-state index is 0.162. The van der Waals surface area contributed by atoms with Gasteiger partial charge in [0.15, 0.2) is 11.5 Å². The summed E-state index contributed by atoms with van der Waals surface area (Å²) in [7, 11) is 5.11. The van der Waals surface area contributed by atoms with Gasteiger partial charge < -0.3 is 19.1 Å². The van der Waals surface area contributed by atoms with Crippen LogP contribution in [0.2, 0.25) is 0 Å². The third kappa shape index (κ3) is 3.87. The fourth-order valence-corrected chi connectivity index (χ4v) is 5.34. The first-order chi connectivity index (χ1) is 16.5. The van der Waals surface area contributed by atoms with Crippen molar-refractivity contribution in [3.05, 3.63) is 82.4 Å². The first-order valence-corrected chi connectivity index (χ1v) is 11.7. The molecule has 0 aromatic heterocycles. The van der Waals surface area contributed by atoms with Crippen LogP contribution >= 0.6 is 0 Å². The van der Waals surface area contributed by atoms with Crippen LogP contribution in [0, 0.1) is 19.8 Å². The van der Waals surface area contributed by atoms with Crippen LogP contribution in [-0.2, 0) is 6.54 Å². The van der Waals surface area contributed by atoms with E-state index < -0.39 is 0 Å². The second-order valence-electron chi connectivity index (χ2n) is 9.21. The first-order valence-electron chi connectivity index (χ1n) is 11.7. The standard InChI is InChI=1S/C28H33N3O3/c1-17-10-11-19(12-18(17)2)27-22-16-31(15-20-8-6-7-9-24(20)32-3)23-14-26(34-5)25(33-4)13-21(23)28(22)30-29-27/h6-14,22,27-30H,15-16H2,1-5H3. The molecule has 0 bridgehead atoms. The summed E-state index contributed by atoms with van der Waals surface area (Å²) in [5.41, 5.74) is 14.7. The van der Waals surface area contributed by atoms with Crippen molar-refractivity contribution in [2.24, 2.45) is 5.92 Å². The zero-order valence-corrected chi connectivity index (χ0v) is 20.5. The van der Waals surface area contributed by atoms with E-state index >= 15 is 0 Å². The van der Waals surface area contributed by atoms with Gasteiger partial charge in [0.25, 0.3) is 0 Å². The van der Waals surface area contributed by atoms with Crippen LogP contribution in [0.25, 0.3) is 0 Å². The number of ether oxygens (including phenoxy) is 3. The molecule has 5 rings (SSSR count). The van der Waals surface area contributed by atoms with E-state index in [0.29, 0.717) is 5.92 Å². The van der Waals surface area contributed by atoms with Crippen molar-refractivity contribution in [2.75, 3.05) is 32.8 Å². The average Bonchev–Trinajstić information content (AvgIpc) is 3.29. The van der Waals surface area contributed by atoms with E-state index in [1.54, 1.807) is 21.3 Å². The van der Waals surface area contributed by atoms with Gasteiger partial charge in [-0.05, 0) is 48.2 Å². The molecule has 2 N–H and O–H groups in total. The van der Waals surface area contributed by atoms with Gasteiger partial charge in [0, 0.05) is 36.3 Å². The highest BCUT2D eigenvalue weighted by Crippen LogP contribution is 2.49. The molecule has 3 atom stereocenters. The second-order valence-corrected chi connectivity index (χ2v) is 9.21. The number of nitrogens with one attached hydrogen (secondary N) is 2. The summed E-state index contributed by atoms with van der Waals surface area (Å²) in [5.74, 6) is 2.72. The number of rotatable bonds is 6. The van der Waals surface area contributed by atoms with Gasteiger partial charge in [-0.25, -0.2) is 10.9 Å². The summed E-state index contributed by atoms with van der Waals surface area (Å²) in [6.07, 6.45) is 0. The number of methoxy groups -OCH3 is 3. The van der Waals surface area contributed by atoms with Crippen molar-refractivity contribution in [3.63, 3.8) is 0 Å². The minimum Gasteiger partial charge on any atom is -0.496 e. The highest BCUT2D eigenvalue weighted by Gasteiger charge is 2.44. The van der Waals surface area contributed by atoms with Crippen LogP contribution in [0.4, 0.5) is 5.69 Å². The summed E-state index contributed by atoms with van der Waals surface area (Å²) in [6.45, 7) is 5.98. The maximum atomic E-state index is 5.67. The van der Waals surface area contributed by atoms with Gasteiger partial charge in [0.2, 0.25) is 0 Å². The largest absolute Gasteiger partial charge is 0.496 e. The molecular weight excluding hydrogens is 426 g/mol. The molecule has 0 saturated carbocycles. The molecule has 1 fully saturated rings. The van der Waals surface area contributed by atoms with Crippen LogP contribution < -0.4 is 30.0 Å². The van der Waals surface area contributed by atoms with E-state index in [4.69, 9.17) is 14.2 Å². The Morgan fingerprint density at radius 1 is 0.794 bits per heavy atom. The molecule has 178 valence electrons. The molecule has 6 nitrogen and oxygen atoms in total. The first kappa shape index (κ1) is 22.6. The Hall–Kier alpha value is -3.22. The van der Waals surface area contributed by atoms with Crippen molar-refractivity contribution in [1.82, 2.24) is 10.9 Å². The Balaban J connectivity index is 1.58. The smallest absolute Gasteiger partial charge is 0.162 e. The molecule has 3 unspecified atom stereocenters. The van der Waals surface area contributed by atoms with E-state index in [-0.39, 0.29) is 12.1 Å². The Kier molecular flexibility index (Phi) is 6.11. The normalized spacial score (nSPS) is 21.1. The van der Waals surface area contributed by atoms with E-state index in [1.165, 1.54) is 22.3 Å². The zero-order valence-electron chi connectivity index (χ0n) is 20.5. The number of hydrazine groups is 1. The monoisotopic (exact) mass is 459 g/mol. The summed E-state index contributed by atoms with van der Waals surface area (Å²) >= 11 is 0. The highest BCUT2D eigenvalue weighted by molar-refractivity contribution is 5.65. The number of fused-ring (bicyclic) bond motifs is 3. The van der Waals surface area contributed by atoms with Gasteiger partial charge in [-0.1, -0.05) is 36.4 Å². The lowest BCUT2D eigenvalue weighted by atomic mass is 9.81. The molecule has 0 amide bonds. The average molecular weight is 460 g/mol. The summed E-state index contributed by atoms with van der Waals surface area (Å²) in [5, 5.41) is 0. The van der Waals surface area contributed by atoms with Crippen LogP contribution in [0.1, 0.15) is 39.9 Å². The number of aryl methyl sites for hydroxylation is 2. The van der Waals surface area contributed by atoms with Crippen molar-refractivity contribution >= 4 is 5.69 Å². The quantitative estimate of drug-likeness (QED) is 0.549. The predicted octanol–water partition coefficient (Wildman–Crippen LogP) is 4.86. The van der Waals surface area contributed by atoms with Gasteiger partial charge in [-0.2, -0.15) is 0 Å². The van der Waals surface area contributed by atoms with Gasteiger partial charge in [-0.15, -0.1) is 0 Å². The number of hydrogen-bond donors (Lipinski definition) is 2. The van der Waals surface area contributed by atoms with Crippen LogP contribution in [0.3, 0.4) is 0 Å². The molecule has 2 aliphatic rings. The highest BCUT2D eigenvalue weighted by atomic mass is 16.5. The maximum Gasteiger partial charge on any atom is 0.162 e. The Labute approximate surface area is 201 Å². The number of hydrogen-bond acceptors (Lipinski definition) is 6. The molecule has 6 heteroatoms. The molecule has 3 aromatic rings. The van der Waals surface area contributed by atoms with Crippen molar-refractivity contribution in [1.29, 1.82) is 0 Å². The Morgan fingerprint density at radius 2 is 1.50 bits per heavy atom. The van der Waals surface area contributed by atoms with E-state index in [1.807, 2.05) is 12.1 Å². The zero-order chi connectivity index (χ0) is 23.8. The molecule has 0 radical (unpaired) electrons. The predicted molar refractivity (Wildman–Crippen MR) is 135 cm³/mol. The molecule has 1 saturated heterocycles. The van der Waals surface area contributed by atoms with Gasteiger partial charge >= 0.3 is 0 Å². The van der Waals surface area contributed by atoms with Crippen molar-refractivity contribution in [2.45, 2.75) is 32.5 Å². The van der Waals surface area contributed by atoms with E-state index in [2.05, 4.69) is 72.1 Å². The number of anilines is 1.